The molecule has 2 saturated heterocycles. The third-order valence-corrected chi connectivity index (χ3v) is 6.13. The van der Waals surface area contributed by atoms with Gasteiger partial charge in [-0.15, -0.1) is 0 Å². The number of rotatable bonds is 7. The van der Waals surface area contributed by atoms with E-state index in [0.717, 1.165) is 5.70 Å². The molecule has 1 aromatic rings. The number of carbonyl (C=O) groups excluding carboxylic acids is 3. The molecule has 4 amide bonds. The lowest BCUT2D eigenvalue weighted by molar-refractivity contribution is -0.134. The van der Waals surface area contributed by atoms with Crippen LogP contribution in [0.2, 0.25) is 0 Å². The number of urea groups is 1. The van der Waals surface area contributed by atoms with E-state index in [1.54, 1.807) is 42.3 Å². The maximum atomic E-state index is 13.0. The number of carbonyl (C=O) groups is 3. The van der Waals surface area contributed by atoms with Crippen LogP contribution in [0.3, 0.4) is 0 Å². The number of hydrogen-bond acceptors (Lipinski definition) is 5. The lowest BCUT2D eigenvalue weighted by Crippen LogP contribution is -2.53. The van der Waals surface area contributed by atoms with Gasteiger partial charge in [0.05, 0.1) is 0 Å². The van der Waals surface area contributed by atoms with Crippen molar-refractivity contribution < 1.29 is 14.4 Å². The number of nitrogens with zero attached hydrogens (tertiary/aromatic N) is 3. The molecular formula is C23H27Cl2N5O3. The molecule has 10 heteroatoms. The molecule has 2 aliphatic rings. The Bertz CT molecular complexity index is 1010. The molecule has 0 aromatic carbocycles. The number of amides is 4. The summed E-state index contributed by atoms with van der Waals surface area (Å²) in [4.78, 5) is 45.4. The molecule has 3 heterocycles. The third kappa shape index (κ3) is 5.75. The lowest BCUT2D eigenvalue weighted by atomic mass is 9.86. The Kier molecular flexibility index (Phi) is 7.81. The standard InChI is InChI=1S/C23H27Cl2N5O3/c1-15(24)11-19(25)12-16(2)30-10-9-29(14-17(30)3)20(31)6-7-23(18-5-4-8-26-13-18)21(32)27-22(33)28-23/h4-5,8,11-13,17H,2,6-7,9-10,14H2,1,3H3,(H2,27,28,32,33)/b15-11+,19-12+/t17-,23?/m0/s1. The number of allylic oxidation sites excluding steroid dienone is 4. The van der Waals surface area contributed by atoms with Crippen LogP contribution in [0, 0.1) is 0 Å². The van der Waals surface area contributed by atoms with E-state index in [4.69, 9.17) is 23.2 Å². The average Bonchev–Trinajstić information content (AvgIpc) is 3.05. The summed E-state index contributed by atoms with van der Waals surface area (Å²) in [6.07, 6.45) is 6.75. The molecule has 3 rings (SSSR count). The van der Waals surface area contributed by atoms with Gasteiger partial charge in [0.2, 0.25) is 5.91 Å². The number of nitrogens with one attached hydrogen (secondary N) is 2. The third-order valence-electron chi connectivity index (χ3n) is 5.80. The van der Waals surface area contributed by atoms with Gasteiger partial charge in [-0.2, -0.15) is 0 Å². The van der Waals surface area contributed by atoms with E-state index in [2.05, 4.69) is 27.1 Å². The van der Waals surface area contributed by atoms with Crippen molar-refractivity contribution in [2.45, 2.75) is 38.3 Å². The zero-order valence-corrected chi connectivity index (χ0v) is 20.1. The molecule has 2 atom stereocenters. The summed E-state index contributed by atoms with van der Waals surface area (Å²) < 4.78 is 0. The molecule has 2 N–H and O–H groups in total. The molecule has 176 valence electrons. The number of aromatic nitrogens is 1. The van der Waals surface area contributed by atoms with Crippen LogP contribution >= 0.6 is 23.2 Å². The Hall–Kier alpha value is -2.84. The van der Waals surface area contributed by atoms with E-state index in [-0.39, 0.29) is 24.8 Å². The van der Waals surface area contributed by atoms with Gasteiger partial charge in [-0.3, -0.25) is 19.9 Å². The number of hydrogen-bond donors (Lipinski definition) is 2. The summed E-state index contributed by atoms with van der Waals surface area (Å²) >= 11 is 12.1. The van der Waals surface area contributed by atoms with Crippen molar-refractivity contribution in [3.05, 3.63) is 64.6 Å². The number of piperazine rings is 1. The fourth-order valence-corrected chi connectivity index (χ4v) is 4.63. The van der Waals surface area contributed by atoms with Crippen molar-refractivity contribution in [3.8, 4) is 0 Å². The van der Waals surface area contributed by atoms with Crippen LogP contribution in [-0.2, 0) is 15.1 Å². The van der Waals surface area contributed by atoms with Crippen molar-refractivity contribution in [1.82, 2.24) is 25.4 Å². The van der Waals surface area contributed by atoms with Gasteiger partial charge in [-0.1, -0.05) is 35.8 Å². The predicted octanol–water partition coefficient (Wildman–Crippen LogP) is 3.21. The Morgan fingerprint density at radius 2 is 2.09 bits per heavy atom. The fourth-order valence-electron chi connectivity index (χ4n) is 4.17. The maximum Gasteiger partial charge on any atom is 0.322 e. The molecule has 1 unspecified atom stereocenters. The predicted molar refractivity (Wildman–Crippen MR) is 127 cm³/mol. The zero-order chi connectivity index (χ0) is 24.2. The minimum absolute atomic E-state index is 0.0266. The zero-order valence-electron chi connectivity index (χ0n) is 18.6. The van der Waals surface area contributed by atoms with Gasteiger partial charge in [0.1, 0.15) is 5.54 Å². The first kappa shape index (κ1) is 24.8. The van der Waals surface area contributed by atoms with E-state index >= 15 is 0 Å². The summed E-state index contributed by atoms with van der Waals surface area (Å²) in [6, 6.07) is 2.85. The fraction of sp³-hybridized carbons (Fsp3) is 0.391. The smallest absolute Gasteiger partial charge is 0.322 e. The topological polar surface area (TPSA) is 94.6 Å². The molecule has 2 aliphatic heterocycles. The number of halogens is 2. The Morgan fingerprint density at radius 1 is 1.33 bits per heavy atom. The maximum absolute atomic E-state index is 13.0. The van der Waals surface area contributed by atoms with Gasteiger partial charge in [0.25, 0.3) is 5.91 Å². The van der Waals surface area contributed by atoms with Gasteiger partial charge in [-0.05, 0) is 38.5 Å². The van der Waals surface area contributed by atoms with E-state index in [0.29, 0.717) is 35.3 Å². The normalized spacial score (nSPS) is 23.9. The van der Waals surface area contributed by atoms with E-state index in [1.807, 2.05) is 6.92 Å². The van der Waals surface area contributed by atoms with E-state index in [1.165, 1.54) is 6.20 Å². The first-order valence-electron chi connectivity index (χ1n) is 10.6. The second kappa shape index (κ2) is 10.4. The van der Waals surface area contributed by atoms with Crippen LogP contribution in [0.5, 0.6) is 0 Å². The van der Waals surface area contributed by atoms with Gasteiger partial charge >= 0.3 is 6.03 Å². The molecule has 0 radical (unpaired) electrons. The van der Waals surface area contributed by atoms with Crippen LogP contribution in [0.25, 0.3) is 0 Å². The molecule has 2 fully saturated rings. The molecule has 33 heavy (non-hydrogen) atoms. The molecule has 8 nitrogen and oxygen atoms in total. The second-order valence-electron chi connectivity index (χ2n) is 8.19. The molecule has 0 saturated carbocycles. The van der Waals surface area contributed by atoms with Crippen molar-refractivity contribution >= 4 is 41.0 Å². The van der Waals surface area contributed by atoms with E-state index in [9.17, 15) is 14.4 Å². The summed E-state index contributed by atoms with van der Waals surface area (Å²) in [6.45, 7) is 9.46. The first-order chi connectivity index (χ1) is 15.6. The molecular weight excluding hydrogens is 465 g/mol. The van der Waals surface area contributed by atoms with Crippen molar-refractivity contribution in [1.29, 1.82) is 0 Å². The van der Waals surface area contributed by atoms with Crippen molar-refractivity contribution in [3.63, 3.8) is 0 Å². The monoisotopic (exact) mass is 491 g/mol. The Labute approximate surface area is 203 Å². The number of imide groups is 1. The average molecular weight is 492 g/mol. The Morgan fingerprint density at radius 3 is 2.67 bits per heavy atom. The van der Waals surface area contributed by atoms with Gasteiger partial charge in [0, 0.05) is 65.8 Å². The minimum atomic E-state index is -1.31. The summed E-state index contributed by atoms with van der Waals surface area (Å²) in [5.41, 5.74) is -0.0200. The van der Waals surface area contributed by atoms with Crippen LogP contribution in [0.4, 0.5) is 4.79 Å². The highest BCUT2D eigenvalue weighted by Crippen LogP contribution is 2.30. The highest BCUT2D eigenvalue weighted by molar-refractivity contribution is 6.34. The largest absolute Gasteiger partial charge is 0.366 e. The highest BCUT2D eigenvalue weighted by atomic mass is 35.5. The van der Waals surface area contributed by atoms with Crippen LogP contribution in [0.15, 0.2) is 59.0 Å². The molecule has 0 bridgehead atoms. The van der Waals surface area contributed by atoms with E-state index < -0.39 is 17.5 Å². The van der Waals surface area contributed by atoms with Gasteiger partial charge in [0.15, 0.2) is 0 Å². The number of pyridine rings is 1. The summed E-state index contributed by atoms with van der Waals surface area (Å²) in [7, 11) is 0. The summed E-state index contributed by atoms with van der Waals surface area (Å²) in [5.74, 6) is -0.564. The van der Waals surface area contributed by atoms with Crippen molar-refractivity contribution in [2.75, 3.05) is 19.6 Å². The van der Waals surface area contributed by atoms with Crippen LogP contribution in [0.1, 0.15) is 32.3 Å². The minimum Gasteiger partial charge on any atom is -0.366 e. The summed E-state index contributed by atoms with van der Waals surface area (Å²) in [5, 5.41) is 6.02. The quantitative estimate of drug-likeness (QED) is 0.451. The highest BCUT2D eigenvalue weighted by Gasteiger charge is 2.48. The van der Waals surface area contributed by atoms with Gasteiger partial charge in [-0.25, -0.2) is 4.79 Å². The SMILES string of the molecule is C=C(/C=C(Cl)\C=C(/C)Cl)N1CCN(C(=O)CCC2(c3cccnc3)NC(=O)NC2=O)C[C@@H]1C. The molecule has 0 spiro atoms. The molecule has 0 aliphatic carbocycles. The first-order valence-corrected chi connectivity index (χ1v) is 11.4. The second-order valence-corrected chi connectivity index (χ2v) is 9.22. The van der Waals surface area contributed by atoms with Crippen molar-refractivity contribution in [2.24, 2.45) is 0 Å². The lowest BCUT2D eigenvalue weighted by Gasteiger charge is -2.42. The van der Waals surface area contributed by atoms with Crippen LogP contribution in [-0.4, -0.2) is 58.3 Å². The van der Waals surface area contributed by atoms with Gasteiger partial charge < -0.3 is 15.1 Å². The van der Waals surface area contributed by atoms with Crippen LogP contribution < -0.4 is 10.6 Å². The molecule has 1 aromatic heterocycles. The Balaban J connectivity index is 1.64.